The number of rotatable bonds is 1. The van der Waals surface area contributed by atoms with E-state index in [9.17, 15) is 0 Å². The summed E-state index contributed by atoms with van der Waals surface area (Å²) in [6.45, 7) is 1.90. The van der Waals surface area contributed by atoms with E-state index in [-0.39, 0.29) is 0 Å². The van der Waals surface area contributed by atoms with Gasteiger partial charge >= 0.3 is 0 Å². The van der Waals surface area contributed by atoms with Gasteiger partial charge in [-0.15, -0.1) is 0 Å². The number of anilines is 1. The lowest BCUT2D eigenvalue weighted by molar-refractivity contribution is 1.09. The fourth-order valence-corrected chi connectivity index (χ4v) is 0.523. The van der Waals surface area contributed by atoms with Crippen molar-refractivity contribution in [1.82, 2.24) is 9.97 Å². The monoisotopic (exact) mass is 122 g/mol. The van der Waals surface area contributed by atoms with Gasteiger partial charge in [0, 0.05) is 12.7 Å². The van der Waals surface area contributed by atoms with E-state index in [1.54, 1.807) is 13.1 Å². The van der Waals surface area contributed by atoms with E-state index in [2.05, 4.69) is 21.5 Å². The molecule has 0 aliphatic rings. The second kappa shape index (κ2) is 2.44. The number of nitrogens with zero attached hydrogens (tertiary/aromatic N) is 2. The van der Waals surface area contributed by atoms with Gasteiger partial charge in [0.2, 0.25) is 5.95 Å². The van der Waals surface area contributed by atoms with Crippen LogP contribution in [-0.2, 0) is 0 Å². The van der Waals surface area contributed by atoms with Gasteiger partial charge < -0.3 is 5.32 Å². The van der Waals surface area contributed by atoms with Crippen LogP contribution in [0.1, 0.15) is 5.69 Å². The molecule has 1 aromatic rings. The Morgan fingerprint density at radius 1 is 1.67 bits per heavy atom. The van der Waals surface area contributed by atoms with Gasteiger partial charge in [0.25, 0.3) is 0 Å². The largest absolute Gasteiger partial charge is 0.357 e. The summed E-state index contributed by atoms with van der Waals surface area (Å²) < 4.78 is 0. The highest BCUT2D eigenvalue weighted by atomic mass is 15.1. The molecule has 1 rings (SSSR count). The summed E-state index contributed by atoms with van der Waals surface area (Å²) in [4.78, 5) is 7.85. The Hall–Kier alpha value is -1.12. The minimum Gasteiger partial charge on any atom is -0.357 e. The van der Waals surface area contributed by atoms with Crippen LogP contribution in [0, 0.1) is 13.1 Å². The fourth-order valence-electron chi connectivity index (χ4n) is 0.523. The third kappa shape index (κ3) is 1.38. The Labute approximate surface area is 54.2 Å². The molecule has 0 aliphatic carbocycles. The van der Waals surface area contributed by atoms with Gasteiger partial charge in [0.15, 0.2) is 0 Å². The second-order valence-electron chi connectivity index (χ2n) is 1.71. The molecule has 1 heterocycles. The number of aromatic nitrogens is 2. The Bertz CT molecular complexity index is 197. The minimum absolute atomic E-state index is 0.620. The fraction of sp³-hybridized carbons (Fsp3) is 0.333. The van der Waals surface area contributed by atoms with Crippen molar-refractivity contribution < 1.29 is 0 Å². The highest BCUT2D eigenvalue weighted by Gasteiger charge is 1.88. The lowest BCUT2D eigenvalue weighted by Crippen LogP contribution is -1.95. The summed E-state index contributed by atoms with van der Waals surface area (Å²) in [5.41, 5.74) is 0.925. The topological polar surface area (TPSA) is 37.8 Å². The van der Waals surface area contributed by atoms with E-state index in [1.165, 1.54) is 0 Å². The molecule has 0 amide bonds. The number of aryl methyl sites for hydroxylation is 1. The van der Waals surface area contributed by atoms with E-state index < -0.39 is 0 Å². The van der Waals surface area contributed by atoms with Crippen molar-refractivity contribution in [3.63, 3.8) is 0 Å². The van der Waals surface area contributed by atoms with Gasteiger partial charge in [0.05, 0.1) is 6.20 Å². The van der Waals surface area contributed by atoms with Crippen LogP contribution in [0.15, 0.2) is 6.07 Å². The maximum Gasteiger partial charge on any atom is 0.223 e. The van der Waals surface area contributed by atoms with E-state index in [0.717, 1.165) is 5.69 Å². The highest BCUT2D eigenvalue weighted by molar-refractivity contribution is 5.22. The zero-order valence-electron chi connectivity index (χ0n) is 5.47. The first-order valence-corrected chi connectivity index (χ1v) is 2.72. The van der Waals surface area contributed by atoms with Crippen molar-refractivity contribution in [2.45, 2.75) is 6.92 Å². The zero-order valence-corrected chi connectivity index (χ0v) is 5.47. The SMILES string of the molecule is CNc1n[c]cc(C)n1. The second-order valence-corrected chi connectivity index (χ2v) is 1.71. The van der Waals surface area contributed by atoms with Crippen molar-refractivity contribution >= 4 is 5.95 Å². The Kier molecular flexibility index (Phi) is 1.63. The van der Waals surface area contributed by atoms with Crippen LogP contribution in [0.3, 0.4) is 0 Å². The van der Waals surface area contributed by atoms with Crippen LogP contribution in [0.4, 0.5) is 5.95 Å². The molecule has 0 fully saturated rings. The Balaban J connectivity index is 2.94. The van der Waals surface area contributed by atoms with Gasteiger partial charge in [-0.05, 0) is 13.0 Å². The maximum atomic E-state index is 4.04. The van der Waals surface area contributed by atoms with Gasteiger partial charge in [-0.1, -0.05) is 0 Å². The molecule has 1 radical (unpaired) electrons. The summed E-state index contributed by atoms with van der Waals surface area (Å²) in [5, 5.41) is 2.81. The molecule has 0 saturated heterocycles. The first-order valence-electron chi connectivity index (χ1n) is 2.72. The molecule has 1 aromatic heterocycles. The quantitative estimate of drug-likeness (QED) is 0.593. The first-order chi connectivity index (χ1) is 4.33. The molecule has 3 heteroatoms. The maximum absolute atomic E-state index is 4.04. The third-order valence-electron chi connectivity index (χ3n) is 0.950. The summed E-state index contributed by atoms with van der Waals surface area (Å²) in [5.74, 6) is 0.620. The van der Waals surface area contributed by atoms with Crippen molar-refractivity contribution in [3.8, 4) is 0 Å². The van der Waals surface area contributed by atoms with Crippen molar-refractivity contribution in [2.24, 2.45) is 0 Å². The molecule has 0 saturated carbocycles. The van der Waals surface area contributed by atoms with Crippen molar-refractivity contribution in [3.05, 3.63) is 18.0 Å². The standard InChI is InChI=1S/C6H8N3/c1-5-3-4-8-6(7-2)9-5/h3H,1-2H3,(H,7,8,9). The van der Waals surface area contributed by atoms with E-state index in [0.29, 0.717) is 5.95 Å². The average molecular weight is 122 g/mol. The predicted molar refractivity (Wildman–Crippen MR) is 35.2 cm³/mol. The summed E-state index contributed by atoms with van der Waals surface area (Å²) >= 11 is 0. The molecule has 3 nitrogen and oxygen atoms in total. The van der Waals surface area contributed by atoms with Gasteiger partial charge in [-0.25, -0.2) is 9.97 Å². The number of hydrogen-bond donors (Lipinski definition) is 1. The molecule has 0 atom stereocenters. The predicted octanol–water partition coefficient (Wildman–Crippen LogP) is 0.627. The van der Waals surface area contributed by atoms with Gasteiger partial charge in [-0.2, -0.15) is 0 Å². The molecule has 0 aliphatic heterocycles. The summed E-state index contributed by atoms with van der Waals surface area (Å²) in [7, 11) is 1.78. The minimum atomic E-state index is 0.620. The third-order valence-corrected chi connectivity index (χ3v) is 0.950. The molecule has 9 heavy (non-hydrogen) atoms. The molecule has 0 aromatic carbocycles. The molecular formula is C6H8N3. The van der Waals surface area contributed by atoms with E-state index >= 15 is 0 Å². The molecule has 1 N–H and O–H groups in total. The van der Waals surface area contributed by atoms with Crippen LogP contribution in [0.25, 0.3) is 0 Å². The molecular weight excluding hydrogens is 114 g/mol. The Morgan fingerprint density at radius 3 is 2.89 bits per heavy atom. The average Bonchev–Trinajstić information content (AvgIpc) is 1.88. The summed E-state index contributed by atoms with van der Waals surface area (Å²) in [6, 6.07) is 1.74. The highest BCUT2D eigenvalue weighted by Crippen LogP contribution is 1.94. The normalized spacial score (nSPS) is 9.11. The van der Waals surface area contributed by atoms with Crippen molar-refractivity contribution in [2.75, 3.05) is 12.4 Å². The molecule has 0 spiro atoms. The van der Waals surface area contributed by atoms with Crippen molar-refractivity contribution in [1.29, 1.82) is 0 Å². The Morgan fingerprint density at radius 2 is 2.44 bits per heavy atom. The van der Waals surface area contributed by atoms with Gasteiger partial charge in [0.1, 0.15) is 0 Å². The molecule has 0 bridgehead atoms. The molecule has 47 valence electrons. The van der Waals surface area contributed by atoms with Crippen LogP contribution in [0.2, 0.25) is 0 Å². The smallest absolute Gasteiger partial charge is 0.223 e. The van der Waals surface area contributed by atoms with Crippen LogP contribution in [0.5, 0.6) is 0 Å². The van der Waals surface area contributed by atoms with Crippen LogP contribution >= 0.6 is 0 Å². The first kappa shape index (κ1) is 6.01. The number of hydrogen-bond acceptors (Lipinski definition) is 3. The molecule has 0 unspecified atom stereocenters. The van der Waals surface area contributed by atoms with E-state index in [1.807, 2.05) is 6.92 Å². The zero-order chi connectivity index (χ0) is 6.69. The lowest BCUT2D eigenvalue weighted by atomic mass is 10.5. The van der Waals surface area contributed by atoms with Crippen LogP contribution in [-0.4, -0.2) is 17.0 Å². The lowest BCUT2D eigenvalue weighted by Gasteiger charge is -1.95. The van der Waals surface area contributed by atoms with E-state index in [4.69, 9.17) is 0 Å². The van der Waals surface area contributed by atoms with Crippen LogP contribution < -0.4 is 5.32 Å². The summed E-state index contributed by atoms with van der Waals surface area (Å²) in [6.07, 6.45) is 2.71. The van der Waals surface area contributed by atoms with Gasteiger partial charge in [-0.3, -0.25) is 0 Å². The number of nitrogens with one attached hydrogen (secondary N) is 1.